The van der Waals surface area contributed by atoms with E-state index in [9.17, 15) is 4.79 Å². The highest BCUT2D eigenvalue weighted by Crippen LogP contribution is 2.32. The molecule has 1 atom stereocenters. The molecule has 0 radical (unpaired) electrons. The number of benzene rings is 1. The summed E-state index contributed by atoms with van der Waals surface area (Å²) >= 11 is 15.0. The lowest BCUT2D eigenvalue weighted by molar-refractivity contribution is -0.115. The van der Waals surface area contributed by atoms with Crippen LogP contribution in [-0.4, -0.2) is 30.9 Å². The number of hydrogen-bond donors (Lipinski definition) is 1. The van der Waals surface area contributed by atoms with Crippen molar-refractivity contribution in [1.29, 1.82) is 0 Å². The van der Waals surface area contributed by atoms with Crippen molar-refractivity contribution in [3.05, 3.63) is 52.5 Å². The van der Waals surface area contributed by atoms with E-state index in [0.717, 1.165) is 0 Å². The Labute approximate surface area is 174 Å². The maximum absolute atomic E-state index is 12.4. The van der Waals surface area contributed by atoms with Crippen molar-refractivity contribution in [3.8, 4) is 11.4 Å². The molecule has 0 saturated heterocycles. The maximum atomic E-state index is 12.4. The summed E-state index contributed by atoms with van der Waals surface area (Å²) in [5.41, 5.74) is 0.710. The monoisotopic (exact) mass is 439 g/mol. The van der Waals surface area contributed by atoms with Crippen molar-refractivity contribution in [2.45, 2.75) is 23.9 Å². The fraction of sp³-hybridized carbons (Fsp3) is 0.176. The molecule has 1 unspecified atom stereocenters. The minimum atomic E-state index is -0.393. The number of carbonyl (C=O) groups is 1. The molecule has 0 spiro atoms. The minimum absolute atomic E-state index is 0.158. The summed E-state index contributed by atoms with van der Waals surface area (Å²) in [6, 6.07) is 5.19. The standard InChI is InChI=1S/C17H15Cl2N5OS2/c1-3-7-24-14(12-5-4-11(18)9-13(12)19)22-23-17(24)27-10(2)15(25)21-16-20-6-8-26-16/h3-6,8-10H,1,7H2,2H3,(H,20,21,25). The van der Waals surface area contributed by atoms with Gasteiger partial charge in [-0.1, -0.05) is 41.0 Å². The normalized spacial score (nSPS) is 12.0. The zero-order valence-corrected chi connectivity index (χ0v) is 17.4. The molecule has 10 heteroatoms. The Kier molecular flexibility index (Phi) is 6.54. The predicted molar refractivity (Wildman–Crippen MR) is 112 cm³/mol. The average Bonchev–Trinajstić information content (AvgIpc) is 3.26. The quantitative estimate of drug-likeness (QED) is 0.413. The molecule has 3 aromatic rings. The van der Waals surface area contributed by atoms with Gasteiger partial charge in [0.15, 0.2) is 16.1 Å². The van der Waals surface area contributed by atoms with Gasteiger partial charge in [-0.15, -0.1) is 28.1 Å². The highest BCUT2D eigenvalue weighted by Gasteiger charge is 2.22. The first kappa shape index (κ1) is 19.9. The first-order valence-corrected chi connectivity index (χ1v) is 10.4. The number of thiazole rings is 1. The van der Waals surface area contributed by atoms with Crippen LogP contribution in [-0.2, 0) is 11.3 Å². The van der Waals surface area contributed by atoms with Crippen molar-refractivity contribution < 1.29 is 4.79 Å². The number of amides is 1. The van der Waals surface area contributed by atoms with Crippen LogP contribution in [0.4, 0.5) is 5.13 Å². The fourth-order valence-corrected chi connectivity index (χ4v) is 4.13. The van der Waals surface area contributed by atoms with Gasteiger partial charge in [-0.2, -0.15) is 0 Å². The lowest BCUT2D eigenvalue weighted by atomic mass is 10.2. The average molecular weight is 440 g/mol. The van der Waals surface area contributed by atoms with E-state index < -0.39 is 5.25 Å². The van der Waals surface area contributed by atoms with Crippen LogP contribution in [0.2, 0.25) is 10.0 Å². The molecule has 3 rings (SSSR count). The molecular formula is C17H15Cl2N5OS2. The van der Waals surface area contributed by atoms with Gasteiger partial charge >= 0.3 is 0 Å². The zero-order valence-electron chi connectivity index (χ0n) is 14.2. The SMILES string of the molecule is C=CCn1c(SC(C)C(=O)Nc2nccs2)nnc1-c1ccc(Cl)cc1Cl. The molecule has 0 fully saturated rings. The van der Waals surface area contributed by atoms with Crippen LogP contribution in [0.1, 0.15) is 6.92 Å². The van der Waals surface area contributed by atoms with Crippen LogP contribution >= 0.6 is 46.3 Å². The lowest BCUT2D eigenvalue weighted by Crippen LogP contribution is -2.22. The van der Waals surface area contributed by atoms with Crippen molar-refractivity contribution in [2.75, 3.05) is 5.32 Å². The summed E-state index contributed by atoms with van der Waals surface area (Å²) in [5.74, 6) is 0.431. The first-order valence-electron chi connectivity index (χ1n) is 7.86. The fourth-order valence-electron chi connectivity index (χ4n) is 2.24. The van der Waals surface area contributed by atoms with Gasteiger partial charge in [-0.25, -0.2) is 4.98 Å². The predicted octanol–water partition coefficient (Wildman–Crippen LogP) is 5.01. The summed E-state index contributed by atoms with van der Waals surface area (Å²) in [6.45, 7) is 6.06. The van der Waals surface area contributed by atoms with Crippen LogP contribution in [0.25, 0.3) is 11.4 Å². The molecular weight excluding hydrogens is 425 g/mol. The number of aromatic nitrogens is 4. The third kappa shape index (κ3) is 4.70. The first-order chi connectivity index (χ1) is 13.0. The van der Waals surface area contributed by atoms with Gasteiger partial charge in [0.2, 0.25) is 5.91 Å². The number of anilines is 1. The summed E-state index contributed by atoms with van der Waals surface area (Å²) in [7, 11) is 0. The van der Waals surface area contributed by atoms with Crippen molar-refractivity contribution in [3.63, 3.8) is 0 Å². The second-order valence-corrected chi connectivity index (χ2v) is 8.46. The van der Waals surface area contributed by atoms with E-state index in [1.807, 2.05) is 4.57 Å². The van der Waals surface area contributed by atoms with Crippen LogP contribution < -0.4 is 5.32 Å². The molecule has 27 heavy (non-hydrogen) atoms. The molecule has 140 valence electrons. The van der Waals surface area contributed by atoms with Crippen molar-refractivity contribution in [2.24, 2.45) is 0 Å². The Morgan fingerprint density at radius 2 is 2.26 bits per heavy atom. The maximum Gasteiger partial charge on any atom is 0.239 e. The molecule has 0 aliphatic rings. The van der Waals surface area contributed by atoms with E-state index >= 15 is 0 Å². The molecule has 6 nitrogen and oxygen atoms in total. The van der Waals surface area contributed by atoms with E-state index in [1.54, 1.807) is 42.8 Å². The number of rotatable bonds is 7. The van der Waals surface area contributed by atoms with Crippen molar-refractivity contribution in [1.82, 2.24) is 19.7 Å². The van der Waals surface area contributed by atoms with Crippen molar-refractivity contribution >= 4 is 57.3 Å². The highest BCUT2D eigenvalue weighted by molar-refractivity contribution is 8.00. The summed E-state index contributed by atoms with van der Waals surface area (Å²) < 4.78 is 1.86. The second kappa shape index (κ2) is 8.88. The van der Waals surface area contributed by atoms with E-state index in [1.165, 1.54) is 23.1 Å². The van der Waals surface area contributed by atoms with E-state index in [-0.39, 0.29) is 5.91 Å². The van der Waals surface area contributed by atoms with Gasteiger partial charge in [0.25, 0.3) is 0 Å². The third-order valence-electron chi connectivity index (χ3n) is 3.51. The molecule has 1 N–H and O–H groups in total. The van der Waals surface area contributed by atoms with Gasteiger partial charge in [0.05, 0.1) is 10.3 Å². The molecule has 0 aliphatic heterocycles. The Morgan fingerprint density at radius 3 is 2.93 bits per heavy atom. The molecule has 1 amide bonds. The second-order valence-electron chi connectivity index (χ2n) is 5.42. The topological polar surface area (TPSA) is 72.7 Å². The molecule has 2 aromatic heterocycles. The Bertz CT molecular complexity index is 958. The van der Waals surface area contributed by atoms with Gasteiger partial charge in [-0.3, -0.25) is 9.36 Å². The molecule has 1 aromatic carbocycles. The number of carbonyl (C=O) groups excluding carboxylic acids is 1. The van der Waals surface area contributed by atoms with Crippen LogP contribution in [0.5, 0.6) is 0 Å². The largest absolute Gasteiger partial charge is 0.301 e. The summed E-state index contributed by atoms with van der Waals surface area (Å²) in [5, 5.41) is 14.9. The zero-order chi connectivity index (χ0) is 19.4. The number of nitrogens with one attached hydrogen (secondary N) is 1. The third-order valence-corrected chi connectivity index (χ3v) is 5.83. The summed E-state index contributed by atoms with van der Waals surface area (Å²) in [4.78, 5) is 16.4. The Balaban J connectivity index is 1.84. The Hall–Kier alpha value is -1.87. The van der Waals surface area contributed by atoms with E-state index in [4.69, 9.17) is 23.2 Å². The van der Waals surface area contributed by atoms with E-state index in [0.29, 0.717) is 38.3 Å². The minimum Gasteiger partial charge on any atom is -0.301 e. The molecule has 0 bridgehead atoms. The van der Waals surface area contributed by atoms with E-state index in [2.05, 4.69) is 27.1 Å². The number of nitrogens with zero attached hydrogens (tertiary/aromatic N) is 4. The number of thioether (sulfide) groups is 1. The van der Waals surface area contributed by atoms with Gasteiger partial charge in [0, 0.05) is 28.7 Å². The van der Waals surface area contributed by atoms with Gasteiger partial charge in [-0.05, 0) is 25.1 Å². The highest BCUT2D eigenvalue weighted by atomic mass is 35.5. The number of hydrogen-bond acceptors (Lipinski definition) is 6. The smallest absolute Gasteiger partial charge is 0.239 e. The molecule has 0 aliphatic carbocycles. The Morgan fingerprint density at radius 1 is 1.44 bits per heavy atom. The summed E-state index contributed by atoms with van der Waals surface area (Å²) in [6.07, 6.45) is 3.38. The van der Waals surface area contributed by atoms with Crippen LogP contribution in [0.3, 0.4) is 0 Å². The van der Waals surface area contributed by atoms with Crippen LogP contribution in [0.15, 0.2) is 47.6 Å². The van der Waals surface area contributed by atoms with Gasteiger partial charge < -0.3 is 5.32 Å². The molecule has 0 saturated carbocycles. The molecule has 2 heterocycles. The number of halogens is 2. The van der Waals surface area contributed by atoms with Crippen LogP contribution in [0, 0.1) is 0 Å². The lowest BCUT2D eigenvalue weighted by Gasteiger charge is -2.12. The number of allylic oxidation sites excluding steroid dienone is 1. The van der Waals surface area contributed by atoms with Gasteiger partial charge in [0.1, 0.15) is 0 Å².